The highest BCUT2D eigenvalue weighted by molar-refractivity contribution is 7.11. The molecule has 7 heteroatoms. The molecule has 0 bridgehead atoms. The van der Waals surface area contributed by atoms with Crippen molar-refractivity contribution in [1.29, 1.82) is 0 Å². The molecular weight excluding hydrogens is 352 g/mol. The number of carbonyl (C=O) groups excluding carboxylic acids is 2. The number of rotatable bonds is 9. The summed E-state index contributed by atoms with van der Waals surface area (Å²) in [6, 6.07) is 9.56. The van der Waals surface area contributed by atoms with Crippen molar-refractivity contribution in [3.63, 3.8) is 0 Å². The maximum absolute atomic E-state index is 11.7. The molecule has 1 atom stereocenters. The molecule has 26 heavy (non-hydrogen) atoms. The number of benzene rings is 1. The SMILES string of the molecule is CCOC(=O)c1nc(CCC(C)CNC(=O)OCc2ccccc2)cs1. The van der Waals surface area contributed by atoms with Crippen LogP contribution in [0, 0.1) is 5.92 Å². The Hall–Kier alpha value is -2.41. The number of hydrogen-bond donors (Lipinski definition) is 1. The van der Waals surface area contributed by atoms with Gasteiger partial charge in [-0.05, 0) is 31.2 Å². The molecule has 0 aliphatic carbocycles. The maximum atomic E-state index is 11.7. The van der Waals surface area contributed by atoms with Crippen LogP contribution in [0.15, 0.2) is 35.7 Å². The van der Waals surface area contributed by atoms with E-state index in [0.717, 1.165) is 24.1 Å². The van der Waals surface area contributed by atoms with Gasteiger partial charge in [0.2, 0.25) is 5.01 Å². The van der Waals surface area contributed by atoms with E-state index >= 15 is 0 Å². The number of aryl methyl sites for hydroxylation is 1. The molecule has 2 aromatic rings. The predicted octanol–water partition coefficient (Wildman–Crippen LogP) is 3.81. The molecule has 140 valence electrons. The van der Waals surface area contributed by atoms with E-state index < -0.39 is 6.09 Å². The molecule has 0 saturated carbocycles. The second kappa shape index (κ2) is 10.6. The van der Waals surface area contributed by atoms with Crippen molar-refractivity contribution in [1.82, 2.24) is 10.3 Å². The van der Waals surface area contributed by atoms with Gasteiger partial charge in [-0.25, -0.2) is 14.6 Å². The first-order valence-electron chi connectivity index (χ1n) is 8.64. The second-order valence-corrected chi connectivity index (χ2v) is 6.81. The quantitative estimate of drug-likeness (QED) is 0.673. The Kier molecular flexibility index (Phi) is 8.08. The number of esters is 1. The van der Waals surface area contributed by atoms with Crippen LogP contribution in [0.4, 0.5) is 4.79 Å². The first-order chi connectivity index (χ1) is 12.6. The Balaban J connectivity index is 1.64. The molecular formula is C19H24N2O4S. The van der Waals surface area contributed by atoms with E-state index in [0.29, 0.717) is 18.2 Å². The number of aromatic nitrogens is 1. The Labute approximate surface area is 157 Å². The third-order valence-corrected chi connectivity index (χ3v) is 4.57. The summed E-state index contributed by atoms with van der Waals surface area (Å²) in [4.78, 5) is 27.6. The lowest BCUT2D eigenvalue weighted by molar-refractivity contribution is 0.0525. The molecule has 0 fully saturated rings. The van der Waals surface area contributed by atoms with Gasteiger partial charge in [-0.1, -0.05) is 37.3 Å². The second-order valence-electron chi connectivity index (χ2n) is 5.95. The normalized spacial score (nSPS) is 11.6. The third kappa shape index (κ3) is 6.84. The molecule has 1 N–H and O–H groups in total. The summed E-state index contributed by atoms with van der Waals surface area (Å²) in [6.07, 6.45) is 1.18. The lowest BCUT2D eigenvalue weighted by Crippen LogP contribution is -2.29. The van der Waals surface area contributed by atoms with Crippen LogP contribution in [0.25, 0.3) is 0 Å². The van der Waals surface area contributed by atoms with E-state index in [-0.39, 0.29) is 18.5 Å². The van der Waals surface area contributed by atoms with Gasteiger partial charge in [0.25, 0.3) is 0 Å². The van der Waals surface area contributed by atoms with E-state index in [1.165, 1.54) is 11.3 Å². The number of nitrogens with zero attached hydrogens (tertiary/aromatic N) is 1. The van der Waals surface area contributed by atoms with E-state index in [2.05, 4.69) is 17.2 Å². The smallest absolute Gasteiger partial charge is 0.407 e. The topological polar surface area (TPSA) is 77.5 Å². The fourth-order valence-electron chi connectivity index (χ4n) is 2.24. The molecule has 0 aliphatic rings. The number of alkyl carbamates (subject to hydrolysis) is 1. The summed E-state index contributed by atoms with van der Waals surface area (Å²) < 4.78 is 10.1. The van der Waals surface area contributed by atoms with Crippen molar-refractivity contribution in [3.05, 3.63) is 52.0 Å². The highest BCUT2D eigenvalue weighted by Crippen LogP contribution is 2.15. The van der Waals surface area contributed by atoms with Gasteiger partial charge in [0.05, 0.1) is 12.3 Å². The van der Waals surface area contributed by atoms with Gasteiger partial charge in [0, 0.05) is 11.9 Å². The zero-order chi connectivity index (χ0) is 18.8. The van der Waals surface area contributed by atoms with Gasteiger partial charge in [-0.2, -0.15) is 0 Å². The molecule has 2 rings (SSSR count). The van der Waals surface area contributed by atoms with E-state index in [1.807, 2.05) is 35.7 Å². The number of amides is 1. The summed E-state index contributed by atoms with van der Waals surface area (Å²) in [6.45, 7) is 4.96. The maximum Gasteiger partial charge on any atom is 0.407 e. The Morgan fingerprint density at radius 2 is 2.00 bits per heavy atom. The monoisotopic (exact) mass is 376 g/mol. The minimum atomic E-state index is -0.418. The van der Waals surface area contributed by atoms with Crippen LogP contribution in [0.5, 0.6) is 0 Å². The molecule has 6 nitrogen and oxygen atoms in total. The van der Waals surface area contributed by atoms with Crippen LogP contribution in [0.3, 0.4) is 0 Å². The standard InChI is InChI=1S/C19H24N2O4S/c1-3-24-18(22)17-21-16(13-26-17)10-9-14(2)11-20-19(23)25-12-15-7-5-4-6-8-15/h4-8,13-14H,3,9-12H2,1-2H3,(H,20,23). The van der Waals surface area contributed by atoms with Crippen LogP contribution < -0.4 is 5.32 Å². The fraction of sp³-hybridized carbons (Fsp3) is 0.421. The number of carbonyl (C=O) groups is 2. The van der Waals surface area contributed by atoms with Crippen molar-refractivity contribution in [2.75, 3.05) is 13.2 Å². The zero-order valence-electron chi connectivity index (χ0n) is 15.1. The molecule has 0 saturated heterocycles. The van der Waals surface area contributed by atoms with Gasteiger partial charge < -0.3 is 14.8 Å². The average molecular weight is 376 g/mol. The lowest BCUT2D eigenvalue weighted by Gasteiger charge is -2.12. The summed E-state index contributed by atoms with van der Waals surface area (Å²) in [7, 11) is 0. The summed E-state index contributed by atoms with van der Waals surface area (Å²) in [5.74, 6) is -0.105. The molecule has 0 spiro atoms. The predicted molar refractivity (Wildman–Crippen MR) is 100 cm³/mol. The highest BCUT2D eigenvalue weighted by Gasteiger charge is 2.13. The van der Waals surface area contributed by atoms with Crippen LogP contribution in [-0.4, -0.2) is 30.2 Å². The summed E-state index contributed by atoms with van der Waals surface area (Å²) >= 11 is 1.30. The molecule has 1 aromatic carbocycles. The largest absolute Gasteiger partial charge is 0.461 e. The van der Waals surface area contributed by atoms with E-state index in [9.17, 15) is 9.59 Å². The van der Waals surface area contributed by atoms with Crippen LogP contribution >= 0.6 is 11.3 Å². The Morgan fingerprint density at radius 3 is 2.73 bits per heavy atom. The number of ether oxygens (including phenoxy) is 2. The van der Waals surface area contributed by atoms with Gasteiger partial charge in [-0.15, -0.1) is 11.3 Å². The van der Waals surface area contributed by atoms with Crippen molar-refractivity contribution < 1.29 is 19.1 Å². The molecule has 1 amide bonds. The van der Waals surface area contributed by atoms with Crippen molar-refractivity contribution >= 4 is 23.4 Å². The van der Waals surface area contributed by atoms with Crippen molar-refractivity contribution in [3.8, 4) is 0 Å². The molecule has 0 aliphatic heterocycles. The van der Waals surface area contributed by atoms with Crippen LogP contribution in [-0.2, 0) is 22.5 Å². The highest BCUT2D eigenvalue weighted by atomic mass is 32.1. The van der Waals surface area contributed by atoms with Crippen molar-refractivity contribution in [2.45, 2.75) is 33.3 Å². The van der Waals surface area contributed by atoms with Crippen molar-refractivity contribution in [2.24, 2.45) is 5.92 Å². The molecule has 1 heterocycles. The minimum absolute atomic E-state index is 0.260. The van der Waals surface area contributed by atoms with Gasteiger partial charge in [0.1, 0.15) is 6.61 Å². The summed E-state index contributed by atoms with van der Waals surface area (Å²) in [5.41, 5.74) is 1.83. The van der Waals surface area contributed by atoms with Gasteiger partial charge >= 0.3 is 12.1 Å². The Bertz CT molecular complexity index is 703. The van der Waals surface area contributed by atoms with E-state index in [4.69, 9.17) is 9.47 Å². The Morgan fingerprint density at radius 1 is 1.23 bits per heavy atom. The first-order valence-corrected chi connectivity index (χ1v) is 9.52. The fourth-order valence-corrected chi connectivity index (χ4v) is 2.98. The van der Waals surface area contributed by atoms with Crippen LogP contribution in [0.2, 0.25) is 0 Å². The first kappa shape index (κ1) is 19.9. The molecule has 1 aromatic heterocycles. The summed E-state index contributed by atoms with van der Waals surface area (Å²) in [5, 5.41) is 5.04. The van der Waals surface area contributed by atoms with Gasteiger partial charge in [-0.3, -0.25) is 0 Å². The minimum Gasteiger partial charge on any atom is -0.461 e. The zero-order valence-corrected chi connectivity index (χ0v) is 15.9. The number of nitrogens with one attached hydrogen (secondary N) is 1. The third-order valence-electron chi connectivity index (χ3n) is 3.70. The van der Waals surface area contributed by atoms with Gasteiger partial charge in [0.15, 0.2) is 0 Å². The molecule has 0 radical (unpaired) electrons. The number of thiazole rings is 1. The number of hydrogen-bond acceptors (Lipinski definition) is 6. The molecule has 1 unspecified atom stereocenters. The lowest BCUT2D eigenvalue weighted by atomic mass is 10.0. The van der Waals surface area contributed by atoms with E-state index in [1.54, 1.807) is 6.92 Å². The van der Waals surface area contributed by atoms with Crippen LogP contribution in [0.1, 0.15) is 41.3 Å². The average Bonchev–Trinajstić information content (AvgIpc) is 3.13.